The summed E-state index contributed by atoms with van der Waals surface area (Å²) in [5, 5.41) is 6.21. The zero-order valence-corrected chi connectivity index (χ0v) is 11.1. The number of hydrogen-bond donors (Lipinski definition) is 2. The largest absolute Gasteiger partial charge is 0.444 e. The van der Waals surface area contributed by atoms with Crippen LogP contribution in [-0.4, -0.2) is 23.5 Å². The number of nitrogens with zero attached hydrogens (tertiary/aromatic N) is 1. The van der Waals surface area contributed by atoms with E-state index in [2.05, 4.69) is 15.6 Å². The summed E-state index contributed by atoms with van der Waals surface area (Å²) >= 11 is 0. The minimum absolute atomic E-state index is 0.169. The van der Waals surface area contributed by atoms with Crippen molar-refractivity contribution in [2.75, 3.05) is 6.54 Å². The molecule has 0 radical (unpaired) electrons. The highest BCUT2D eigenvalue weighted by Crippen LogP contribution is 2.18. The van der Waals surface area contributed by atoms with Crippen LogP contribution < -0.4 is 10.6 Å². The van der Waals surface area contributed by atoms with E-state index in [-0.39, 0.29) is 5.91 Å². The predicted octanol–water partition coefficient (Wildman–Crippen LogP) is 1.44. The van der Waals surface area contributed by atoms with Gasteiger partial charge < -0.3 is 15.1 Å². The van der Waals surface area contributed by atoms with E-state index in [1.165, 1.54) is 0 Å². The summed E-state index contributed by atoms with van der Waals surface area (Å²) in [4.78, 5) is 15.7. The van der Waals surface area contributed by atoms with Gasteiger partial charge in [-0.3, -0.25) is 4.79 Å². The van der Waals surface area contributed by atoms with Gasteiger partial charge in [-0.15, -0.1) is 0 Å². The van der Waals surface area contributed by atoms with Crippen LogP contribution in [0.2, 0.25) is 0 Å². The third-order valence-corrected chi connectivity index (χ3v) is 3.05. The third kappa shape index (κ3) is 4.14. The lowest BCUT2D eigenvalue weighted by atomic mass is 10.3. The van der Waals surface area contributed by atoms with Crippen molar-refractivity contribution in [2.24, 2.45) is 0 Å². The normalized spacial score (nSPS) is 14.8. The number of rotatable bonds is 7. The molecule has 1 aromatic rings. The molecule has 5 nitrogen and oxygen atoms in total. The summed E-state index contributed by atoms with van der Waals surface area (Å²) in [6, 6.07) is 0.462. The van der Waals surface area contributed by atoms with Gasteiger partial charge in [0.25, 0.3) is 0 Å². The number of oxazole rings is 1. The molecule has 0 aliphatic heterocycles. The standard InChI is InChI=1S/C13H21N3O2/c1-9-10(2)18-13(15-9)8-14-7-3-4-12(17)16-11-5-6-11/h11,14H,3-8H2,1-2H3,(H,16,17). The van der Waals surface area contributed by atoms with Crippen molar-refractivity contribution in [1.29, 1.82) is 0 Å². The zero-order valence-electron chi connectivity index (χ0n) is 11.1. The second-order valence-electron chi connectivity index (χ2n) is 4.87. The first kappa shape index (κ1) is 13.1. The number of carbonyl (C=O) groups excluding carboxylic acids is 1. The van der Waals surface area contributed by atoms with Gasteiger partial charge in [0.15, 0.2) is 0 Å². The SMILES string of the molecule is Cc1nc(CNCCCC(=O)NC2CC2)oc1C. The maximum atomic E-state index is 11.4. The highest BCUT2D eigenvalue weighted by atomic mass is 16.4. The molecule has 0 atom stereocenters. The van der Waals surface area contributed by atoms with Gasteiger partial charge in [0.1, 0.15) is 5.76 Å². The first-order chi connectivity index (χ1) is 8.65. The van der Waals surface area contributed by atoms with E-state index in [0.29, 0.717) is 24.9 Å². The van der Waals surface area contributed by atoms with Crippen molar-refractivity contribution >= 4 is 5.91 Å². The maximum absolute atomic E-state index is 11.4. The van der Waals surface area contributed by atoms with Crippen LogP contribution in [0.25, 0.3) is 0 Å². The Morgan fingerprint density at radius 1 is 1.44 bits per heavy atom. The van der Waals surface area contributed by atoms with Gasteiger partial charge in [-0.05, 0) is 39.7 Å². The Balaban J connectivity index is 1.54. The average molecular weight is 251 g/mol. The Morgan fingerprint density at radius 2 is 2.22 bits per heavy atom. The fourth-order valence-corrected chi connectivity index (χ4v) is 1.71. The van der Waals surface area contributed by atoms with Crippen LogP contribution in [0.15, 0.2) is 4.42 Å². The van der Waals surface area contributed by atoms with Crippen LogP contribution in [-0.2, 0) is 11.3 Å². The molecule has 0 aromatic carbocycles. The van der Waals surface area contributed by atoms with E-state index in [9.17, 15) is 4.79 Å². The molecule has 1 aliphatic carbocycles. The number of nitrogens with one attached hydrogen (secondary N) is 2. The summed E-state index contributed by atoms with van der Waals surface area (Å²) < 4.78 is 5.45. The minimum Gasteiger partial charge on any atom is -0.444 e. The van der Waals surface area contributed by atoms with Crippen LogP contribution in [0.4, 0.5) is 0 Å². The Hall–Kier alpha value is -1.36. The number of aromatic nitrogens is 1. The average Bonchev–Trinajstić information content (AvgIpc) is 3.06. The van der Waals surface area contributed by atoms with Gasteiger partial charge in [0.05, 0.1) is 12.2 Å². The van der Waals surface area contributed by atoms with Crippen molar-refractivity contribution in [3.05, 3.63) is 17.3 Å². The summed E-state index contributed by atoms with van der Waals surface area (Å²) in [5.41, 5.74) is 0.940. The predicted molar refractivity (Wildman–Crippen MR) is 68.1 cm³/mol. The lowest BCUT2D eigenvalue weighted by Crippen LogP contribution is -2.26. The number of carbonyl (C=O) groups is 1. The van der Waals surface area contributed by atoms with E-state index in [1.807, 2.05) is 13.8 Å². The van der Waals surface area contributed by atoms with Crippen molar-refractivity contribution in [3.63, 3.8) is 0 Å². The minimum atomic E-state index is 0.169. The molecule has 1 saturated carbocycles. The summed E-state index contributed by atoms with van der Waals surface area (Å²) in [6.45, 7) is 5.27. The molecule has 5 heteroatoms. The van der Waals surface area contributed by atoms with E-state index in [1.54, 1.807) is 0 Å². The fourth-order valence-electron chi connectivity index (χ4n) is 1.71. The molecule has 0 saturated heterocycles. The molecule has 1 aromatic heterocycles. The van der Waals surface area contributed by atoms with E-state index in [0.717, 1.165) is 37.3 Å². The second kappa shape index (κ2) is 6.00. The summed E-state index contributed by atoms with van der Waals surface area (Å²) in [7, 11) is 0. The molecule has 2 rings (SSSR count). The molecular weight excluding hydrogens is 230 g/mol. The van der Waals surface area contributed by atoms with Gasteiger partial charge in [-0.2, -0.15) is 0 Å². The zero-order chi connectivity index (χ0) is 13.0. The summed E-state index contributed by atoms with van der Waals surface area (Å²) in [5.74, 6) is 1.75. The molecule has 1 amide bonds. The molecule has 18 heavy (non-hydrogen) atoms. The highest BCUT2D eigenvalue weighted by Gasteiger charge is 2.22. The van der Waals surface area contributed by atoms with Crippen molar-refractivity contribution in [3.8, 4) is 0 Å². The number of amides is 1. The number of aryl methyl sites for hydroxylation is 2. The number of hydrogen-bond acceptors (Lipinski definition) is 4. The van der Waals surface area contributed by atoms with Crippen LogP contribution in [0.5, 0.6) is 0 Å². The van der Waals surface area contributed by atoms with Gasteiger partial charge in [-0.25, -0.2) is 4.98 Å². The maximum Gasteiger partial charge on any atom is 0.220 e. The van der Waals surface area contributed by atoms with Crippen LogP contribution in [0.1, 0.15) is 43.0 Å². The highest BCUT2D eigenvalue weighted by molar-refractivity contribution is 5.76. The molecule has 0 unspecified atom stereocenters. The Kier molecular flexibility index (Phi) is 4.36. The van der Waals surface area contributed by atoms with Crippen molar-refractivity contribution in [2.45, 2.75) is 52.1 Å². The van der Waals surface area contributed by atoms with Crippen molar-refractivity contribution < 1.29 is 9.21 Å². The smallest absolute Gasteiger partial charge is 0.220 e. The molecule has 0 bridgehead atoms. The van der Waals surface area contributed by atoms with Gasteiger partial charge in [0, 0.05) is 12.5 Å². The molecule has 0 spiro atoms. The van der Waals surface area contributed by atoms with Gasteiger partial charge >= 0.3 is 0 Å². The first-order valence-corrected chi connectivity index (χ1v) is 6.58. The van der Waals surface area contributed by atoms with E-state index in [4.69, 9.17) is 4.42 Å². The lowest BCUT2D eigenvalue weighted by molar-refractivity contribution is -0.121. The van der Waals surface area contributed by atoms with Crippen LogP contribution in [0, 0.1) is 13.8 Å². The van der Waals surface area contributed by atoms with Crippen molar-refractivity contribution in [1.82, 2.24) is 15.6 Å². The topological polar surface area (TPSA) is 67.2 Å². The Morgan fingerprint density at radius 3 is 2.83 bits per heavy atom. The monoisotopic (exact) mass is 251 g/mol. The molecular formula is C13H21N3O2. The molecule has 1 heterocycles. The molecule has 2 N–H and O–H groups in total. The second-order valence-corrected chi connectivity index (χ2v) is 4.87. The lowest BCUT2D eigenvalue weighted by Gasteiger charge is -2.03. The Labute approximate surface area is 107 Å². The van der Waals surface area contributed by atoms with Crippen LogP contribution >= 0.6 is 0 Å². The molecule has 100 valence electrons. The van der Waals surface area contributed by atoms with Gasteiger partial charge in [-0.1, -0.05) is 0 Å². The summed E-state index contributed by atoms with van der Waals surface area (Å²) in [6.07, 6.45) is 3.73. The quantitative estimate of drug-likeness (QED) is 0.720. The van der Waals surface area contributed by atoms with Gasteiger partial charge in [0.2, 0.25) is 11.8 Å². The van der Waals surface area contributed by atoms with Crippen LogP contribution in [0.3, 0.4) is 0 Å². The third-order valence-electron chi connectivity index (χ3n) is 3.05. The van der Waals surface area contributed by atoms with E-state index < -0.39 is 0 Å². The molecule has 1 aliphatic rings. The first-order valence-electron chi connectivity index (χ1n) is 6.58. The van der Waals surface area contributed by atoms with E-state index >= 15 is 0 Å². The fraction of sp³-hybridized carbons (Fsp3) is 0.692. The Bertz CT molecular complexity index is 391. The molecule has 1 fully saturated rings.